The lowest BCUT2D eigenvalue weighted by Gasteiger charge is -2.35. The van der Waals surface area contributed by atoms with Crippen molar-refractivity contribution in [2.45, 2.75) is 59.2 Å². The van der Waals surface area contributed by atoms with Crippen LogP contribution in [0.2, 0.25) is 0 Å². The van der Waals surface area contributed by atoms with E-state index < -0.39 is 11.6 Å². The number of para-hydroxylation sites is 1. The van der Waals surface area contributed by atoms with E-state index in [0.717, 1.165) is 11.3 Å². The molecule has 0 saturated heterocycles. The Balaban J connectivity index is 1.91. The number of nitrogens with one attached hydrogen (secondary N) is 1. The molecule has 1 aromatic heterocycles. The molecule has 7 nitrogen and oxygen atoms in total. The number of rotatable bonds is 8. The standard InChI is InChI=1S/C31H36N4O3/c1-6-27(34(30(37)33-31(3,4)5)21-22-13-9-8-10-14-22)28-32-26-16-12-11-15-25(26)29(36)35(28)23-17-19-24(20-18-23)38-7-2/h8-20,27H,6-7,21H2,1-5H3,(H,33,37). The number of hydrogen-bond acceptors (Lipinski definition) is 4. The van der Waals surface area contributed by atoms with Gasteiger partial charge in [0.25, 0.3) is 5.56 Å². The van der Waals surface area contributed by atoms with E-state index in [9.17, 15) is 9.59 Å². The Labute approximate surface area is 224 Å². The average Bonchev–Trinajstić information content (AvgIpc) is 2.89. The molecular weight excluding hydrogens is 476 g/mol. The molecule has 0 radical (unpaired) electrons. The maximum atomic E-state index is 13.9. The van der Waals surface area contributed by atoms with Gasteiger partial charge in [-0.15, -0.1) is 0 Å². The third kappa shape index (κ3) is 6.05. The van der Waals surface area contributed by atoms with E-state index in [-0.39, 0.29) is 11.6 Å². The summed E-state index contributed by atoms with van der Waals surface area (Å²) in [5, 5.41) is 3.63. The number of ether oxygens (including phenoxy) is 1. The highest BCUT2D eigenvalue weighted by Crippen LogP contribution is 2.28. The van der Waals surface area contributed by atoms with Crippen LogP contribution in [0, 0.1) is 0 Å². The van der Waals surface area contributed by atoms with Crippen LogP contribution in [-0.4, -0.2) is 32.6 Å². The van der Waals surface area contributed by atoms with Gasteiger partial charge in [-0.3, -0.25) is 9.36 Å². The number of carbonyl (C=O) groups excluding carboxylic acids is 1. The maximum Gasteiger partial charge on any atom is 0.318 e. The van der Waals surface area contributed by atoms with Gasteiger partial charge in [0.1, 0.15) is 11.6 Å². The second-order valence-electron chi connectivity index (χ2n) is 10.3. The van der Waals surface area contributed by atoms with Gasteiger partial charge in [0, 0.05) is 12.1 Å². The van der Waals surface area contributed by atoms with Gasteiger partial charge in [-0.2, -0.15) is 0 Å². The zero-order chi connectivity index (χ0) is 27.3. The molecule has 3 aromatic carbocycles. The topological polar surface area (TPSA) is 76.5 Å². The van der Waals surface area contributed by atoms with Gasteiger partial charge in [0.2, 0.25) is 0 Å². The minimum absolute atomic E-state index is 0.177. The molecule has 198 valence electrons. The number of urea groups is 1. The molecular formula is C31H36N4O3. The van der Waals surface area contributed by atoms with Crippen molar-refractivity contribution in [2.24, 2.45) is 0 Å². The van der Waals surface area contributed by atoms with Gasteiger partial charge in [-0.05, 0) is 76.1 Å². The maximum absolute atomic E-state index is 13.9. The summed E-state index contributed by atoms with van der Waals surface area (Å²) in [4.78, 5) is 34.4. The smallest absolute Gasteiger partial charge is 0.318 e. The van der Waals surface area contributed by atoms with Crippen LogP contribution in [-0.2, 0) is 6.54 Å². The summed E-state index contributed by atoms with van der Waals surface area (Å²) in [6.45, 7) is 10.7. The fraction of sp³-hybridized carbons (Fsp3) is 0.323. The predicted octanol–water partition coefficient (Wildman–Crippen LogP) is 6.25. The third-order valence-corrected chi connectivity index (χ3v) is 6.21. The molecule has 2 amide bonds. The second-order valence-corrected chi connectivity index (χ2v) is 10.3. The molecule has 0 saturated carbocycles. The lowest BCUT2D eigenvalue weighted by Crippen LogP contribution is -2.50. The van der Waals surface area contributed by atoms with Crippen molar-refractivity contribution in [3.05, 3.63) is 101 Å². The Hall–Kier alpha value is -4.13. The quantitative estimate of drug-likeness (QED) is 0.303. The highest BCUT2D eigenvalue weighted by atomic mass is 16.5. The molecule has 38 heavy (non-hydrogen) atoms. The van der Waals surface area contributed by atoms with Gasteiger partial charge in [0.15, 0.2) is 0 Å². The summed E-state index contributed by atoms with van der Waals surface area (Å²) in [5.74, 6) is 1.24. The van der Waals surface area contributed by atoms with E-state index in [4.69, 9.17) is 9.72 Å². The summed E-state index contributed by atoms with van der Waals surface area (Å²) in [6, 6.07) is 23.9. The van der Waals surface area contributed by atoms with Crippen LogP contribution in [0.4, 0.5) is 4.79 Å². The fourth-order valence-corrected chi connectivity index (χ4v) is 4.52. The van der Waals surface area contributed by atoms with Crippen molar-refractivity contribution < 1.29 is 9.53 Å². The summed E-state index contributed by atoms with van der Waals surface area (Å²) in [5.41, 5.74) is 1.65. The molecule has 0 aliphatic rings. The molecule has 1 atom stereocenters. The Morgan fingerprint density at radius 1 is 0.974 bits per heavy atom. The van der Waals surface area contributed by atoms with Crippen LogP contribution in [0.15, 0.2) is 83.7 Å². The van der Waals surface area contributed by atoms with Crippen molar-refractivity contribution in [3.8, 4) is 11.4 Å². The molecule has 4 rings (SSSR count). The number of nitrogens with zero attached hydrogens (tertiary/aromatic N) is 3. The largest absolute Gasteiger partial charge is 0.494 e. The fourth-order valence-electron chi connectivity index (χ4n) is 4.52. The van der Waals surface area contributed by atoms with Crippen molar-refractivity contribution in [1.29, 1.82) is 0 Å². The van der Waals surface area contributed by atoms with Gasteiger partial charge in [-0.1, -0.05) is 49.4 Å². The Bertz CT molecular complexity index is 1440. The molecule has 0 aliphatic carbocycles. The molecule has 1 unspecified atom stereocenters. The van der Waals surface area contributed by atoms with Crippen molar-refractivity contribution in [2.75, 3.05) is 6.61 Å². The molecule has 0 bridgehead atoms. The van der Waals surface area contributed by atoms with Crippen LogP contribution >= 0.6 is 0 Å². The van der Waals surface area contributed by atoms with Gasteiger partial charge in [0.05, 0.1) is 29.2 Å². The highest BCUT2D eigenvalue weighted by molar-refractivity contribution is 5.78. The first-order valence-electron chi connectivity index (χ1n) is 13.1. The second kappa shape index (κ2) is 11.5. The molecule has 0 fully saturated rings. The lowest BCUT2D eigenvalue weighted by molar-refractivity contribution is 0.156. The number of hydrogen-bond donors (Lipinski definition) is 1. The zero-order valence-corrected chi connectivity index (χ0v) is 22.8. The first kappa shape index (κ1) is 26.9. The molecule has 1 heterocycles. The van der Waals surface area contributed by atoms with E-state index in [0.29, 0.717) is 42.0 Å². The Kier molecular flexibility index (Phi) is 8.15. The van der Waals surface area contributed by atoms with E-state index in [1.54, 1.807) is 15.5 Å². The van der Waals surface area contributed by atoms with E-state index in [1.807, 2.05) is 107 Å². The monoisotopic (exact) mass is 512 g/mol. The highest BCUT2D eigenvalue weighted by Gasteiger charge is 2.31. The van der Waals surface area contributed by atoms with Gasteiger partial charge < -0.3 is 15.0 Å². The third-order valence-electron chi connectivity index (χ3n) is 6.21. The summed E-state index contributed by atoms with van der Waals surface area (Å²) >= 11 is 0. The van der Waals surface area contributed by atoms with Crippen LogP contribution in [0.25, 0.3) is 16.6 Å². The van der Waals surface area contributed by atoms with E-state index >= 15 is 0 Å². The first-order chi connectivity index (χ1) is 18.2. The molecule has 4 aromatic rings. The van der Waals surface area contributed by atoms with Gasteiger partial charge >= 0.3 is 6.03 Å². The van der Waals surface area contributed by atoms with Gasteiger partial charge in [-0.25, -0.2) is 9.78 Å². The SMILES string of the molecule is CCOc1ccc(-n2c(C(CC)N(Cc3ccccc3)C(=O)NC(C)(C)C)nc3ccccc3c2=O)cc1. The minimum Gasteiger partial charge on any atom is -0.494 e. The predicted molar refractivity (Wildman–Crippen MR) is 152 cm³/mol. The first-order valence-corrected chi connectivity index (χ1v) is 13.1. The molecule has 7 heteroatoms. The number of amides is 2. The minimum atomic E-state index is -0.471. The van der Waals surface area contributed by atoms with E-state index in [2.05, 4.69) is 5.32 Å². The summed E-state index contributed by atoms with van der Waals surface area (Å²) < 4.78 is 7.25. The van der Waals surface area contributed by atoms with E-state index in [1.165, 1.54) is 0 Å². The number of benzene rings is 3. The number of fused-ring (bicyclic) bond motifs is 1. The average molecular weight is 513 g/mol. The Morgan fingerprint density at radius 2 is 1.63 bits per heavy atom. The van der Waals surface area contributed by atoms with Crippen molar-refractivity contribution in [3.63, 3.8) is 0 Å². The lowest BCUT2D eigenvalue weighted by atomic mass is 10.1. The van der Waals surface area contributed by atoms with Crippen LogP contribution < -0.4 is 15.6 Å². The van der Waals surface area contributed by atoms with Crippen LogP contribution in [0.3, 0.4) is 0 Å². The van der Waals surface area contributed by atoms with Crippen molar-refractivity contribution in [1.82, 2.24) is 19.8 Å². The Morgan fingerprint density at radius 3 is 2.26 bits per heavy atom. The number of carbonyl (C=O) groups is 1. The van der Waals surface area contributed by atoms with Crippen molar-refractivity contribution >= 4 is 16.9 Å². The number of aromatic nitrogens is 2. The molecule has 1 N–H and O–H groups in total. The molecule has 0 aliphatic heterocycles. The zero-order valence-electron chi connectivity index (χ0n) is 22.8. The van der Waals surface area contributed by atoms with Crippen LogP contribution in [0.1, 0.15) is 58.5 Å². The summed E-state index contributed by atoms with van der Waals surface area (Å²) in [7, 11) is 0. The summed E-state index contributed by atoms with van der Waals surface area (Å²) in [6.07, 6.45) is 0.562. The molecule has 0 spiro atoms. The normalized spacial score (nSPS) is 12.2. The van der Waals surface area contributed by atoms with Crippen LogP contribution in [0.5, 0.6) is 5.75 Å².